The molecule has 2 aliphatic rings. The molecule has 3 aromatic rings. The fraction of sp³-hybridized carbons (Fsp3) is 0.318. The monoisotopic (exact) mass is 389 g/mol. The number of hydrogen-bond donors (Lipinski definition) is 0. The summed E-state index contributed by atoms with van der Waals surface area (Å²) in [5.74, 6) is 2.04. The van der Waals surface area contributed by atoms with Gasteiger partial charge in [0.05, 0.1) is 5.69 Å². The van der Waals surface area contributed by atoms with Crippen LogP contribution < -0.4 is 0 Å². The van der Waals surface area contributed by atoms with Gasteiger partial charge in [-0.2, -0.15) is 0 Å². The first-order valence-electron chi connectivity index (χ1n) is 9.76. The van der Waals surface area contributed by atoms with Gasteiger partial charge in [0, 0.05) is 36.1 Å². The van der Waals surface area contributed by atoms with Crippen LogP contribution in [0.25, 0.3) is 5.82 Å². The molecule has 0 aliphatic carbocycles. The van der Waals surface area contributed by atoms with Gasteiger partial charge < -0.3 is 9.47 Å². The highest BCUT2D eigenvalue weighted by Crippen LogP contribution is 2.48. The molecule has 142 valence electrons. The van der Waals surface area contributed by atoms with Gasteiger partial charge >= 0.3 is 0 Å². The van der Waals surface area contributed by atoms with Crippen LogP contribution in [0.15, 0.2) is 66.0 Å². The minimum atomic E-state index is -0.00264. The lowest BCUT2D eigenvalue weighted by Crippen LogP contribution is -2.36. The fourth-order valence-electron chi connectivity index (χ4n) is 4.12. The highest BCUT2D eigenvalue weighted by molar-refractivity contribution is 8.14. The van der Waals surface area contributed by atoms with Crippen molar-refractivity contribution in [3.05, 3.63) is 78.0 Å². The summed E-state index contributed by atoms with van der Waals surface area (Å²) in [6, 6.07) is 15.2. The normalized spacial score (nSPS) is 23.7. The molecule has 1 fully saturated rings. The van der Waals surface area contributed by atoms with Gasteiger partial charge in [-0.1, -0.05) is 30.8 Å². The fourth-order valence-corrected chi connectivity index (χ4v) is 5.45. The van der Waals surface area contributed by atoms with E-state index in [1.165, 1.54) is 5.69 Å². The van der Waals surface area contributed by atoms with Gasteiger partial charge in [0.25, 0.3) is 0 Å². The van der Waals surface area contributed by atoms with Crippen LogP contribution in [0.2, 0.25) is 0 Å². The molecular weight excluding hydrogens is 366 g/mol. The minimum Gasteiger partial charge on any atom is -0.337 e. The zero-order valence-electron chi connectivity index (χ0n) is 16.1. The van der Waals surface area contributed by atoms with Gasteiger partial charge in [0.15, 0.2) is 5.17 Å². The molecular formula is C22H23N5S. The molecule has 5 rings (SSSR count). The van der Waals surface area contributed by atoms with Crippen molar-refractivity contribution in [2.45, 2.75) is 38.4 Å². The first-order chi connectivity index (χ1) is 13.8. The van der Waals surface area contributed by atoms with Crippen LogP contribution in [-0.2, 0) is 0 Å². The number of hydrogen-bond acceptors (Lipinski definition) is 5. The van der Waals surface area contributed by atoms with Gasteiger partial charge in [-0.05, 0) is 49.2 Å². The molecule has 5 heterocycles. The standard InChI is InChI=1S/C22H23N5S/c1-3-16-14-28-22-25-20(17-7-4-5-11-23-17)21(27(16)22)18-8-6-12-26(18)19-10-9-15(2)13-24-19/h4-13,16,20-21H,3,14H2,1-2H3/t16-,20-,21+/m0/s1. The number of aryl methyl sites for hydroxylation is 1. The molecule has 6 heteroatoms. The maximum Gasteiger partial charge on any atom is 0.160 e. The third-order valence-corrected chi connectivity index (χ3v) is 6.68. The van der Waals surface area contributed by atoms with E-state index in [4.69, 9.17) is 4.99 Å². The van der Waals surface area contributed by atoms with Crippen molar-refractivity contribution in [2.24, 2.45) is 4.99 Å². The molecule has 0 aromatic carbocycles. The predicted octanol–water partition coefficient (Wildman–Crippen LogP) is 4.56. The predicted molar refractivity (Wildman–Crippen MR) is 114 cm³/mol. The first kappa shape index (κ1) is 17.5. The van der Waals surface area contributed by atoms with Crippen LogP contribution in [0, 0.1) is 6.92 Å². The van der Waals surface area contributed by atoms with Crippen LogP contribution in [0.4, 0.5) is 0 Å². The summed E-state index contributed by atoms with van der Waals surface area (Å²) < 4.78 is 2.20. The van der Waals surface area contributed by atoms with Gasteiger partial charge in [0.2, 0.25) is 0 Å². The Balaban J connectivity index is 1.62. The number of amidine groups is 1. The summed E-state index contributed by atoms with van der Waals surface area (Å²) >= 11 is 1.87. The van der Waals surface area contributed by atoms with Crippen molar-refractivity contribution in [1.29, 1.82) is 0 Å². The molecule has 1 saturated heterocycles. The molecule has 3 aromatic heterocycles. The number of thioether (sulfide) groups is 1. The molecule has 0 bridgehead atoms. The molecule has 0 spiro atoms. The Kier molecular flexibility index (Phi) is 4.43. The average molecular weight is 390 g/mol. The second-order valence-corrected chi connectivity index (χ2v) is 8.32. The van der Waals surface area contributed by atoms with Gasteiger partial charge in [-0.25, -0.2) is 4.98 Å². The Bertz CT molecular complexity index is 995. The molecule has 0 amide bonds. The summed E-state index contributed by atoms with van der Waals surface area (Å²) in [4.78, 5) is 16.9. The molecule has 28 heavy (non-hydrogen) atoms. The largest absolute Gasteiger partial charge is 0.337 e. The number of nitrogens with zero attached hydrogens (tertiary/aromatic N) is 5. The summed E-state index contributed by atoms with van der Waals surface area (Å²) in [7, 11) is 0. The van der Waals surface area contributed by atoms with Gasteiger partial charge in [0.1, 0.15) is 17.9 Å². The van der Waals surface area contributed by atoms with Crippen LogP contribution in [0.5, 0.6) is 0 Å². The topological polar surface area (TPSA) is 46.3 Å². The van der Waals surface area contributed by atoms with E-state index in [0.717, 1.165) is 34.4 Å². The highest BCUT2D eigenvalue weighted by atomic mass is 32.2. The first-order valence-corrected chi connectivity index (χ1v) is 10.7. The van der Waals surface area contributed by atoms with Crippen molar-refractivity contribution in [3.8, 4) is 5.82 Å². The summed E-state index contributed by atoms with van der Waals surface area (Å²) in [5.41, 5.74) is 3.40. The van der Waals surface area contributed by atoms with Crippen molar-refractivity contribution in [1.82, 2.24) is 19.4 Å². The van der Waals surface area contributed by atoms with E-state index in [9.17, 15) is 0 Å². The smallest absolute Gasteiger partial charge is 0.160 e. The van der Waals surface area contributed by atoms with Crippen LogP contribution in [-0.4, -0.2) is 36.4 Å². The number of fused-ring (bicyclic) bond motifs is 1. The third kappa shape index (κ3) is 2.83. The molecule has 5 nitrogen and oxygen atoms in total. The number of aromatic nitrogens is 3. The Morgan fingerprint density at radius 1 is 1.11 bits per heavy atom. The second kappa shape index (κ2) is 7.09. The molecule has 0 unspecified atom stereocenters. The van der Waals surface area contributed by atoms with Gasteiger partial charge in [-0.3, -0.25) is 9.98 Å². The Morgan fingerprint density at radius 3 is 2.79 bits per heavy atom. The van der Waals surface area contributed by atoms with Crippen LogP contribution >= 0.6 is 11.8 Å². The van der Waals surface area contributed by atoms with Crippen molar-refractivity contribution in [3.63, 3.8) is 0 Å². The Hall–Kier alpha value is -2.60. The van der Waals surface area contributed by atoms with Crippen molar-refractivity contribution >= 4 is 16.9 Å². The average Bonchev–Trinajstić information content (AvgIpc) is 3.44. The van der Waals surface area contributed by atoms with Gasteiger partial charge in [-0.15, -0.1) is 0 Å². The lowest BCUT2D eigenvalue weighted by Gasteiger charge is -2.32. The molecule has 2 aliphatic heterocycles. The van der Waals surface area contributed by atoms with E-state index in [1.54, 1.807) is 0 Å². The number of aliphatic imine (C=N–C) groups is 1. The minimum absolute atomic E-state index is 0.00264. The maximum atomic E-state index is 5.11. The maximum absolute atomic E-state index is 5.11. The van der Waals surface area contributed by atoms with Crippen molar-refractivity contribution < 1.29 is 0 Å². The summed E-state index contributed by atoms with van der Waals surface area (Å²) in [6.07, 6.45) is 7.00. The Labute approximate surface area is 169 Å². The number of pyridine rings is 2. The quantitative estimate of drug-likeness (QED) is 0.656. The number of rotatable bonds is 4. The van der Waals surface area contributed by atoms with Crippen molar-refractivity contribution in [2.75, 3.05) is 5.75 Å². The third-order valence-electron chi connectivity index (χ3n) is 5.56. The summed E-state index contributed by atoms with van der Waals surface area (Å²) in [6.45, 7) is 4.33. The van der Waals surface area contributed by atoms with E-state index in [1.807, 2.05) is 36.3 Å². The van der Waals surface area contributed by atoms with E-state index in [-0.39, 0.29) is 12.1 Å². The zero-order chi connectivity index (χ0) is 19.1. The SMILES string of the molecule is CC[C@H]1CSC2=N[C@@H](c3ccccn3)[C@@H](c3cccn3-c3ccc(C)cn3)N21. The van der Waals surface area contributed by atoms with E-state index in [0.29, 0.717) is 6.04 Å². The second-order valence-electron chi connectivity index (χ2n) is 7.33. The van der Waals surface area contributed by atoms with E-state index in [2.05, 4.69) is 69.8 Å². The highest BCUT2D eigenvalue weighted by Gasteiger charge is 2.46. The summed E-state index contributed by atoms with van der Waals surface area (Å²) in [5, 5.41) is 1.15. The van der Waals surface area contributed by atoms with Crippen LogP contribution in [0.3, 0.4) is 0 Å². The lowest BCUT2D eigenvalue weighted by atomic mass is 9.99. The molecule has 3 atom stereocenters. The molecule has 0 N–H and O–H groups in total. The Morgan fingerprint density at radius 2 is 2.04 bits per heavy atom. The molecule has 0 saturated carbocycles. The van der Waals surface area contributed by atoms with E-state index >= 15 is 0 Å². The van der Waals surface area contributed by atoms with Crippen LogP contribution in [0.1, 0.15) is 42.4 Å². The zero-order valence-corrected chi connectivity index (χ0v) is 16.9. The lowest BCUT2D eigenvalue weighted by molar-refractivity contribution is 0.248. The molecule has 0 radical (unpaired) electrons. The van der Waals surface area contributed by atoms with E-state index < -0.39 is 0 Å².